The van der Waals surface area contributed by atoms with E-state index in [0.29, 0.717) is 12.4 Å². The van der Waals surface area contributed by atoms with Gasteiger partial charge in [0, 0.05) is 31.6 Å². The van der Waals surface area contributed by atoms with Crippen LogP contribution in [0.2, 0.25) is 0 Å². The van der Waals surface area contributed by atoms with Crippen LogP contribution < -0.4 is 14.8 Å². The highest BCUT2D eigenvalue weighted by Gasteiger charge is 2.32. The van der Waals surface area contributed by atoms with E-state index in [0.717, 1.165) is 26.1 Å². The van der Waals surface area contributed by atoms with Crippen molar-refractivity contribution in [3.8, 4) is 11.5 Å². The van der Waals surface area contributed by atoms with Crippen molar-refractivity contribution >= 4 is 6.09 Å². The van der Waals surface area contributed by atoms with Crippen LogP contribution in [0, 0.1) is 5.92 Å². The van der Waals surface area contributed by atoms with Crippen LogP contribution in [0.15, 0.2) is 54.6 Å². The second-order valence-electron chi connectivity index (χ2n) is 9.18. The second-order valence-corrected chi connectivity index (χ2v) is 9.18. The molecule has 0 aromatic heterocycles. The maximum atomic E-state index is 12.4. The van der Waals surface area contributed by atoms with E-state index in [1.165, 1.54) is 17.7 Å². The van der Waals surface area contributed by atoms with Crippen LogP contribution in [-0.2, 0) is 11.3 Å². The lowest BCUT2D eigenvalue weighted by Crippen LogP contribution is -2.53. The number of carbonyl (C=O) groups is 1. The fourth-order valence-corrected chi connectivity index (χ4v) is 3.83. The summed E-state index contributed by atoms with van der Waals surface area (Å²) in [4.78, 5) is 14.7. The summed E-state index contributed by atoms with van der Waals surface area (Å²) in [7, 11) is 0. The third-order valence-electron chi connectivity index (χ3n) is 5.28. The van der Waals surface area contributed by atoms with Gasteiger partial charge in [0.1, 0.15) is 17.1 Å². The van der Waals surface area contributed by atoms with E-state index in [-0.39, 0.29) is 17.7 Å². The fourth-order valence-electron chi connectivity index (χ4n) is 3.83. The van der Waals surface area contributed by atoms with Gasteiger partial charge in [-0.1, -0.05) is 30.3 Å². The van der Waals surface area contributed by atoms with E-state index in [9.17, 15) is 13.6 Å². The van der Waals surface area contributed by atoms with E-state index in [2.05, 4.69) is 27.1 Å². The molecule has 0 bridgehead atoms. The number of benzene rings is 2. The summed E-state index contributed by atoms with van der Waals surface area (Å²) >= 11 is 0. The normalized spacial score (nSPS) is 19.2. The van der Waals surface area contributed by atoms with Crippen LogP contribution in [0.25, 0.3) is 0 Å². The minimum absolute atomic E-state index is 0.0203. The van der Waals surface area contributed by atoms with Crippen LogP contribution >= 0.6 is 0 Å². The molecule has 8 heteroatoms. The summed E-state index contributed by atoms with van der Waals surface area (Å²) in [5, 5.41) is 3.01. The topological polar surface area (TPSA) is 60.0 Å². The Balaban J connectivity index is 1.63. The minimum Gasteiger partial charge on any atom is -0.493 e. The largest absolute Gasteiger partial charge is 0.493 e. The van der Waals surface area contributed by atoms with Crippen molar-refractivity contribution in [3.63, 3.8) is 0 Å². The Morgan fingerprint density at radius 3 is 2.39 bits per heavy atom. The van der Waals surface area contributed by atoms with Crippen LogP contribution in [0.5, 0.6) is 11.5 Å². The molecule has 180 valence electrons. The van der Waals surface area contributed by atoms with Gasteiger partial charge in [0.05, 0.1) is 6.61 Å². The summed E-state index contributed by atoms with van der Waals surface area (Å²) in [6.45, 7) is 5.38. The van der Waals surface area contributed by atoms with Crippen LogP contribution in [0.1, 0.15) is 32.8 Å². The average molecular weight is 463 g/mol. The first-order chi connectivity index (χ1) is 15.7. The molecule has 0 unspecified atom stereocenters. The van der Waals surface area contributed by atoms with Crippen molar-refractivity contribution in [2.45, 2.75) is 52.0 Å². The number of rotatable bonds is 8. The van der Waals surface area contributed by atoms with E-state index in [1.807, 2.05) is 39.0 Å². The highest BCUT2D eigenvalue weighted by Crippen LogP contribution is 2.24. The molecule has 1 fully saturated rings. The van der Waals surface area contributed by atoms with Crippen molar-refractivity contribution < 1.29 is 27.8 Å². The predicted octanol–water partition coefficient (Wildman–Crippen LogP) is 5.08. The Labute approximate surface area is 193 Å². The van der Waals surface area contributed by atoms with E-state index in [4.69, 9.17) is 9.47 Å². The molecule has 3 rings (SSSR count). The zero-order valence-electron chi connectivity index (χ0n) is 19.3. The maximum absolute atomic E-state index is 12.4. The van der Waals surface area contributed by atoms with Gasteiger partial charge in [-0.3, -0.25) is 4.90 Å². The monoisotopic (exact) mass is 462 g/mol. The van der Waals surface area contributed by atoms with Crippen molar-refractivity contribution in [1.29, 1.82) is 0 Å². The third-order valence-corrected chi connectivity index (χ3v) is 5.28. The zero-order chi connectivity index (χ0) is 23.8. The first kappa shape index (κ1) is 24.8. The van der Waals surface area contributed by atoms with Gasteiger partial charge in [0.2, 0.25) is 0 Å². The first-order valence-electron chi connectivity index (χ1n) is 11.1. The van der Waals surface area contributed by atoms with Gasteiger partial charge in [-0.15, -0.1) is 0 Å². The number of hydrogen-bond acceptors (Lipinski definition) is 5. The number of hydrogen-bond donors (Lipinski definition) is 1. The second kappa shape index (κ2) is 11.3. The van der Waals surface area contributed by atoms with Gasteiger partial charge >= 0.3 is 12.7 Å². The number of alkyl halides is 2. The van der Waals surface area contributed by atoms with Gasteiger partial charge in [-0.05, 0) is 57.0 Å². The quantitative estimate of drug-likeness (QED) is 0.593. The lowest BCUT2D eigenvalue weighted by atomic mass is 9.92. The van der Waals surface area contributed by atoms with Gasteiger partial charge in [0.15, 0.2) is 0 Å². The fraction of sp³-hybridized carbons (Fsp3) is 0.480. The standard InChI is InChI=1S/C25H32F2N2O4/c1-25(2,3)33-24(30)28-22-13-14-29(15-18-7-5-4-6-8-18)16-19(22)17-31-20-9-11-21(12-10-20)32-23(26)27/h4-12,19,22-23H,13-17H2,1-3H3,(H,28,30)/t19-,22+/m1/s1. The van der Waals surface area contributed by atoms with Gasteiger partial charge in [-0.2, -0.15) is 8.78 Å². The molecule has 0 radical (unpaired) electrons. The number of alkyl carbamates (subject to hydrolysis) is 1. The number of nitrogens with zero attached hydrogens (tertiary/aromatic N) is 1. The van der Waals surface area contributed by atoms with Crippen molar-refractivity contribution in [2.75, 3.05) is 19.7 Å². The van der Waals surface area contributed by atoms with E-state index < -0.39 is 18.3 Å². The number of ether oxygens (including phenoxy) is 3. The molecule has 33 heavy (non-hydrogen) atoms. The van der Waals surface area contributed by atoms with Crippen molar-refractivity contribution in [3.05, 3.63) is 60.2 Å². The zero-order valence-corrected chi connectivity index (χ0v) is 19.3. The molecule has 2 aromatic rings. The number of piperidine rings is 1. The Hall–Kier alpha value is -2.87. The molecule has 1 aliphatic rings. The number of halogens is 2. The number of amides is 1. The minimum atomic E-state index is -2.87. The predicted molar refractivity (Wildman–Crippen MR) is 122 cm³/mol. The molecule has 1 heterocycles. The Bertz CT molecular complexity index is 872. The summed E-state index contributed by atoms with van der Waals surface area (Å²) < 4.78 is 40.5. The van der Waals surface area contributed by atoms with Crippen LogP contribution in [-0.4, -0.2) is 48.9 Å². The lowest BCUT2D eigenvalue weighted by Gasteiger charge is -2.39. The Morgan fingerprint density at radius 2 is 1.76 bits per heavy atom. The van der Waals surface area contributed by atoms with Gasteiger partial charge < -0.3 is 19.5 Å². The van der Waals surface area contributed by atoms with Crippen molar-refractivity contribution in [2.24, 2.45) is 5.92 Å². The van der Waals surface area contributed by atoms with E-state index >= 15 is 0 Å². The molecule has 1 amide bonds. The summed E-state index contributed by atoms with van der Waals surface area (Å²) in [5.41, 5.74) is 0.650. The Kier molecular flexibility index (Phi) is 8.49. The SMILES string of the molecule is CC(C)(C)OC(=O)N[C@H]1CCN(Cc2ccccc2)C[C@@H]1COc1ccc(OC(F)F)cc1. The highest BCUT2D eigenvalue weighted by atomic mass is 19.3. The molecule has 2 aromatic carbocycles. The van der Waals surface area contributed by atoms with Gasteiger partial charge in [0.25, 0.3) is 0 Å². The summed E-state index contributed by atoms with van der Waals surface area (Å²) in [6, 6.07) is 16.2. The molecule has 1 N–H and O–H groups in total. The molecule has 2 atom stereocenters. The third kappa shape index (κ3) is 8.53. The highest BCUT2D eigenvalue weighted by molar-refractivity contribution is 5.68. The smallest absolute Gasteiger partial charge is 0.407 e. The molecule has 0 aliphatic carbocycles. The van der Waals surface area contributed by atoms with Crippen LogP contribution in [0.4, 0.5) is 13.6 Å². The Morgan fingerprint density at radius 1 is 1.09 bits per heavy atom. The molecule has 0 saturated carbocycles. The lowest BCUT2D eigenvalue weighted by molar-refractivity contribution is -0.0499. The number of carbonyl (C=O) groups excluding carboxylic acids is 1. The first-order valence-corrected chi connectivity index (χ1v) is 11.1. The molecule has 1 aliphatic heterocycles. The maximum Gasteiger partial charge on any atom is 0.407 e. The van der Waals surface area contributed by atoms with Gasteiger partial charge in [-0.25, -0.2) is 4.79 Å². The summed E-state index contributed by atoms with van der Waals surface area (Å²) in [5.74, 6) is 0.647. The molecule has 6 nitrogen and oxygen atoms in total. The molecule has 0 spiro atoms. The molecular weight excluding hydrogens is 430 g/mol. The summed E-state index contributed by atoms with van der Waals surface area (Å²) in [6.07, 6.45) is 0.323. The number of nitrogens with one attached hydrogen (secondary N) is 1. The van der Waals surface area contributed by atoms with Crippen LogP contribution in [0.3, 0.4) is 0 Å². The van der Waals surface area contributed by atoms with Crippen molar-refractivity contribution in [1.82, 2.24) is 10.2 Å². The average Bonchev–Trinajstić information content (AvgIpc) is 2.74. The molecular formula is C25H32F2N2O4. The van der Waals surface area contributed by atoms with E-state index in [1.54, 1.807) is 12.1 Å². The molecule has 1 saturated heterocycles. The number of likely N-dealkylation sites (tertiary alicyclic amines) is 1.